The second kappa shape index (κ2) is 16.0. The minimum atomic E-state index is -0.372. The maximum absolute atomic E-state index is 12.7. The zero-order valence-corrected chi connectivity index (χ0v) is 33.5. The lowest BCUT2D eigenvalue weighted by Crippen LogP contribution is -2.47. The van der Waals surface area contributed by atoms with E-state index in [1.807, 2.05) is 39.1 Å². The van der Waals surface area contributed by atoms with Crippen LogP contribution in [0.3, 0.4) is 0 Å². The Hall–Kier alpha value is -5.72. The van der Waals surface area contributed by atoms with Crippen molar-refractivity contribution in [2.24, 2.45) is 0 Å². The number of imide groups is 1. The Morgan fingerprint density at radius 3 is 2.40 bits per heavy atom. The Morgan fingerprint density at radius 2 is 1.70 bits per heavy atom. The highest BCUT2D eigenvalue weighted by Gasteiger charge is 2.27. The summed E-state index contributed by atoms with van der Waals surface area (Å²) in [5.41, 5.74) is 8.71. The van der Waals surface area contributed by atoms with E-state index in [9.17, 15) is 14.4 Å². The zero-order valence-electron chi connectivity index (χ0n) is 32.7. The lowest BCUT2D eigenvalue weighted by atomic mass is 9.89. The quantitative estimate of drug-likeness (QED) is 0.117. The van der Waals surface area contributed by atoms with Gasteiger partial charge in [-0.05, 0) is 108 Å². The van der Waals surface area contributed by atoms with Gasteiger partial charge >= 0.3 is 0 Å². The summed E-state index contributed by atoms with van der Waals surface area (Å²) in [5.74, 6) is 0.165. The normalized spacial score (nSPS) is 16.8. The summed E-state index contributed by atoms with van der Waals surface area (Å²) in [7, 11) is 0. The van der Waals surface area contributed by atoms with Crippen LogP contribution in [-0.4, -0.2) is 56.9 Å². The predicted octanol–water partition coefficient (Wildman–Crippen LogP) is 8.15. The molecule has 12 heteroatoms. The van der Waals surface area contributed by atoms with E-state index in [-0.39, 0.29) is 35.0 Å². The molecule has 0 saturated carbocycles. The number of aromatic nitrogens is 3. The van der Waals surface area contributed by atoms with E-state index >= 15 is 0 Å². The van der Waals surface area contributed by atoms with Crippen molar-refractivity contribution in [3.63, 3.8) is 0 Å². The van der Waals surface area contributed by atoms with Crippen molar-refractivity contribution in [3.05, 3.63) is 119 Å². The fourth-order valence-corrected chi connectivity index (χ4v) is 8.64. The number of rotatable bonds is 10. The maximum Gasteiger partial charge on any atom is 0.292 e. The third kappa shape index (κ3) is 8.67. The maximum atomic E-state index is 12.7. The molecule has 6 aromatic rings. The number of fused-ring (bicyclic) bond motifs is 1. The molecule has 5 heterocycles. The van der Waals surface area contributed by atoms with Crippen molar-refractivity contribution in [1.82, 2.24) is 30.7 Å². The Balaban J connectivity index is 0.858. The first-order valence-electron chi connectivity index (χ1n) is 19.6. The summed E-state index contributed by atoms with van der Waals surface area (Å²) >= 11 is 1.71. The highest BCUT2D eigenvalue weighted by molar-refractivity contribution is 7.21. The summed E-state index contributed by atoms with van der Waals surface area (Å²) in [5, 5.41) is 13.6. The molecule has 11 nitrogen and oxygen atoms in total. The van der Waals surface area contributed by atoms with E-state index in [4.69, 9.17) is 9.51 Å². The highest BCUT2D eigenvalue weighted by atomic mass is 32.1. The average Bonchev–Trinajstić information content (AvgIpc) is 3.89. The number of nitrogens with zero attached hydrogens (tertiary/aromatic N) is 4. The van der Waals surface area contributed by atoms with Crippen LogP contribution in [0.4, 0.5) is 5.69 Å². The largest absolute Gasteiger partial charge is 0.374 e. The average molecular weight is 782 g/mol. The van der Waals surface area contributed by atoms with Gasteiger partial charge in [-0.15, -0.1) is 11.3 Å². The SMILES string of the molecule is Cc1cc(-c2ccnc3sc(-c4ccc(CN5CCC(c6ccc(NC7CCC(=O)NC7=O)cc6)CC5)cc4)cc23)ccc1CNC(=O)c1noc(C(C)(C)C)n1. The number of piperidine rings is 2. The van der Waals surface area contributed by atoms with Crippen LogP contribution in [0.15, 0.2) is 89.6 Å². The van der Waals surface area contributed by atoms with E-state index in [0.717, 1.165) is 70.6 Å². The smallest absolute Gasteiger partial charge is 0.292 e. The van der Waals surface area contributed by atoms with Crippen molar-refractivity contribution < 1.29 is 18.9 Å². The molecule has 2 aliphatic rings. The number of carbonyl (C=O) groups excluding carboxylic acids is 3. The summed E-state index contributed by atoms with van der Waals surface area (Å²) in [6.07, 6.45) is 4.97. The number of pyridine rings is 1. The molecule has 8 rings (SSSR count). The van der Waals surface area contributed by atoms with Gasteiger partial charge in [0.15, 0.2) is 0 Å². The van der Waals surface area contributed by atoms with E-state index in [0.29, 0.717) is 31.2 Å². The van der Waals surface area contributed by atoms with Gasteiger partial charge in [-0.1, -0.05) is 80.5 Å². The minimum Gasteiger partial charge on any atom is -0.374 e. The van der Waals surface area contributed by atoms with Crippen LogP contribution in [0.5, 0.6) is 0 Å². The Bertz CT molecular complexity index is 2420. The van der Waals surface area contributed by atoms with E-state index in [1.165, 1.54) is 21.6 Å². The summed E-state index contributed by atoms with van der Waals surface area (Å²) in [4.78, 5) is 50.0. The number of nitrogens with one attached hydrogen (secondary N) is 3. The van der Waals surface area contributed by atoms with Gasteiger partial charge < -0.3 is 15.2 Å². The zero-order chi connectivity index (χ0) is 39.7. The first-order valence-corrected chi connectivity index (χ1v) is 20.4. The van der Waals surface area contributed by atoms with Gasteiger partial charge in [0, 0.05) is 47.1 Å². The molecule has 3 aromatic carbocycles. The molecule has 3 amide bonds. The van der Waals surface area contributed by atoms with Gasteiger partial charge in [0.2, 0.25) is 17.7 Å². The second-order valence-corrected chi connectivity index (χ2v) is 17.2. The number of hydrogen-bond donors (Lipinski definition) is 3. The predicted molar refractivity (Wildman–Crippen MR) is 223 cm³/mol. The van der Waals surface area contributed by atoms with Crippen LogP contribution in [-0.2, 0) is 28.1 Å². The van der Waals surface area contributed by atoms with Crippen molar-refractivity contribution in [2.45, 2.75) is 83.8 Å². The summed E-state index contributed by atoms with van der Waals surface area (Å²) < 4.78 is 5.28. The molecule has 1 atom stereocenters. The van der Waals surface area contributed by atoms with Crippen LogP contribution >= 0.6 is 11.3 Å². The molecule has 2 aliphatic heterocycles. The molecule has 0 aliphatic carbocycles. The van der Waals surface area contributed by atoms with E-state index in [1.54, 1.807) is 11.3 Å². The number of likely N-dealkylation sites (tertiary alicyclic amines) is 1. The topological polar surface area (TPSA) is 142 Å². The molecular formula is C45H47N7O4S. The molecule has 57 heavy (non-hydrogen) atoms. The van der Waals surface area contributed by atoms with Crippen molar-refractivity contribution in [3.8, 4) is 21.6 Å². The van der Waals surface area contributed by atoms with Crippen LogP contribution in [0.1, 0.15) is 91.1 Å². The molecular weight excluding hydrogens is 735 g/mol. The number of carbonyl (C=O) groups is 3. The van der Waals surface area contributed by atoms with Crippen LogP contribution in [0, 0.1) is 6.92 Å². The monoisotopic (exact) mass is 781 g/mol. The number of hydrogen-bond acceptors (Lipinski definition) is 10. The molecule has 1 unspecified atom stereocenters. The lowest BCUT2D eigenvalue weighted by molar-refractivity contribution is -0.133. The number of thiophene rings is 1. The van der Waals surface area contributed by atoms with Gasteiger partial charge in [-0.25, -0.2) is 4.98 Å². The molecule has 0 bridgehead atoms. The number of aryl methyl sites for hydroxylation is 1. The number of benzene rings is 3. The molecule has 3 aromatic heterocycles. The van der Waals surface area contributed by atoms with Crippen LogP contribution < -0.4 is 16.0 Å². The highest BCUT2D eigenvalue weighted by Crippen LogP contribution is 2.38. The van der Waals surface area contributed by atoms with Gasteiger partial charge in [0.1, 0.15) is 10.9 Å². The molecule has 292 valence electrons. The van der Waals surface area contributed by atoms with E-state index in [2.05, 4.69) is 105 Å². The standard InChI is InChI=1S/C45H47N7O4S/c1-27-23-32(9-10-33(27)25-47-42(55)40-50-44(56-51-40)45(2,3)4)35-17-20-46-43-36(35)24-38(57-43)31-7-5-28(6-8-31)26-52-21-18-30(19-22-52)29-11-13-34(14-12-29)48-37-15-16-39(53)49-41(37)54/h5-14,17,20,23-24,30,37,48H,15-16,18-19,21-22,25-26H2,1-4H3,(H,47,55)(H,49,53,54). The molecule has 3 N–H and O–H groups in total. The molecule has 0 radical (unpaired) electrons. The lowest BCUT2D eigenvalue weighted by Gasteiger charge is -2.32. The van der Waals surface area contributed by atoms with E-state index < -0.39 is 0 Å². The Kier molecular flexibility index (Phi) is 10.7. The second-order valence-electron chi connectivity index (χ2n) is 16.2. The van der Waals surface area contributed by atoms with Gasteiger partial charge in [-0.2, -0.15) is 4.98 Å². The first-order chi connectivity index (χ1) is 27.5. The van der Waals surface area contributed by atoms with Gasteiger partial charge in [0.25, 0.3) is 11.7 Å². The number of anilines is 1. The van der Waals surface area contributed by atoms with Gasteiger partial charge in [-0.3, -0.25) is 24.6 Å². The third-order valence-electron chi connectivity index (χ3n) is 11.0. The minimum absolute atomic E-state index is 0.0387. The first kappa shape index (κ1) is 38.2. The molecule has 2 fully saturated rings. The van der Waals surface area contributed by atoms with Crippen molar-refractivity contribution in [1.29, 1.82) is 0 Å². The third-order valence-corrected chi connectivity index (χ3v) is 12.1. The Morgan fingerprint density at radius 1 is 0.947 bits per heavy atom. The molecule has 2 saturated heterocycles. The van der Waals surface area contributed by atoms with Crippen LogP contribution in [0.25, 0.3) is 31.8 Å². The Labute approximate surface area is 336 Å². The fourth-order valence-electron chi connectivity index (χ4n) is 7.61. The molecule has 0 spiro atoms. The van der Waals surface area contributed by atoms with Gasteiger partial charge in [0.05, 0.1) is 0 Å². The number of amides is 3. The van der Waals surface area contributed by atoms with Crippen molar-refractivity contribution in [2.75, 3.05) is 18.4 Å². The fraction of sp³-hybridized carbons (Fsp3) is 0.333. The summed E-state index contributed by atoms with van der Waals surface area (Å²) in [6, 6.07) is 27.7. The summed E-state index contributed by atoms with van der Waals surface area (Å²) in [6.45, 7) is 11.3. The van der Waals surface area contributed by atoms with Crippen LogP contribution in [0.2, 0.25) is 0 Å². The van der Waals surface area contributed by atoms with Crippen molar-refractivity contribution >= 4 is 45.0 Å².